The lowest BCUT2D eigenvalue weighted by atomic mass is 10.1. The highest BCUT2D eigenvalue weighted by atomic mass is 32.1. The van der Waals surface area contributed by atoms with Crippen LogP contribution in [-0.4, -0.2) is 42.9 Å². The zero-order chi connectivity index (χ0) is 19.2. The fourth-order valence-corrected chi connectivity index (χ4v) is 4.12. The summed E-state index contributed by atoms with van der Waals surface area (Å²) in [5.41, 5.74) is 2.36. The molecule has 2 amide bonds. The number of piperidine rings is 1. The molecule has 0 aliphatic carbocycles. The van der Waals surface area contributed by atoms with Crippen molar-refractivity contribution >= 4 is 28.8 Å². The van der Waals surface area contributed by atoms with E-state index in [0.717, 1.165) is 18.7 Å². The lowest BCUT2D eigenvalue weighted by Crippen LogP contribution is -2.45. The van der Waals surface area contributed by atoms with Crippen LogP contribution in [0.1, 0.15) is 41.4 Å². The van der Waals surface area contributed by atoms with Crippen LogP contribution in [-0.2, 0) is 11.3 Å². The Morgan fingerprint density at radius 1 is 1.15 bits per heavy atom. The van der Waals surface area contributed by atoms with Crippen LogP contribution in [0.15, 0.2) is 41.8 Å². The molecule has 1 saturated heterocycles. The third-order valence-electron chi connectivity index (χ3n) is 4.94. The van der Waals surface area contributed by atoms with E-state index in [0.29, 0.717) is 11.4 Å². The summed E-state index contributed by atoms with van der Waals surface area (Å²) in [5, 5.41) is 4.65. The predicted octanol–water partition coefficient (Wildman–Crippen LogP) is 3.52. The van der Waals surface area contributed by atoms with Gasteiger partial charge in [-0.1, -0.05) is 24.3 Å². The van der Waals surface area contributed by atoms with E-state index in [1.54, 1.807) is 24.9 Å². The second kappa shape index (κ2) is 9.04. The van der Waals surface area contributed by atoms with Crippen molar-refractivity contribution in [1.82, 2.24) is 10.2 Å². The molecular formula is C21H27N3O2S. The van der Waals surface area contributed by atoms with Gasteiger partial charge in [-0.25, -0.2) is 0 Å². The van der Waals surface area contributed by atoms with Crippen LogP contribution >= 0.6 is 11.3 Å². The van der Waals surface area contributed by atoms with E-state index in [-0.39, 0.29) is 11.8 Å². The minimum atomic E-state index is -0.563. The summed E-state index contributed by atoms with van der Waals surface area (Å²) in [4.78, 5) is 29.7. The zero-order valence-corrected chi connectivity index (χ0v) is 16.8. The highest BCUT2D eigenvalue weighted by Gasteiger charge is 2.22. The molecule has 0 radical (unpaired) electrons. The van der Waals surface area contributed by atoms with Gasteiger partial charge in [-0.2, -0.15) is 0 Å². The van der Waals surface area contributed by atoms with E-state index in [4.69, 9.17) is 0 Å². The van der Waals surface area contributed by atoms with Crippen LogP contribution in [0.2, 0.25) is 0 Å². The number of carbonyl (C=O) groups is 2. The first kappa shape index (κ1) is 19.4. The minimum Gasteiger partial charge on any atom is -0.371 e. The Labute approximate surface area is 165 Å². The van der Waals surface area contributed by atoms with Crippen molar-refractivity contribution in [2.24, 2.45) is 0 Å². The lowest BCUT2D eigenvalue weighted by Gasteiger charge is -2.32. The van der Waals surface area contributed by atoms with Crippen LogP contribution in [0.25, 0.3) is 0 Å². The van der Waals surface area contributed by atoms with E-state index in [2.05, 4.69) is 28.4 Å². The van der Waals surface area contributed by atoms with Crippen molar-refractivity contribution in [3.63, 3.8) is 0 Å². The Morgan fingerprint density at radius 3 is 2.59 bits per heavy atom. The van der Waals surface area contributed by atoms with Crippen molar-refractivity contribution in [3.8, 4) is 0 Å². The van der Waals surface area contributed by atoms with Crippen molar-refractivity contribution in [1.29, 1.82) is 0 Å². The molecule has 1 aliphatic heterocycles. The molecule has 0 bridgehead atoms. The average Bonchev–Trinajstić information content (AvgIpc) is 3.23. The highest BCUT2D eigenvalue weighted by Crippen LogP contribution is 2.25. The molecule has 1 atom stereocenters. The van der Waals surface area contributed by atoms with Gasteiger partial charge in [-0.05, 0) is 49.3 Å². The fraction of sp³-hybridized carbons (Fsp3) is 0.429. The topological polar surface area (TPSA) is 52.7 Å². The van der Waals surface area contributed by atoms with E-state index < -0.39 is 6.04 Å². The zero-order valence-electron chi connectivity index (χ0n) is 16.0. The molecule has 2 heterocycles. The van der Waals surface area contributed by atoms with Gasteiger partial charge in [-0.3, -0.25) is 9.59 Å². The van der Waals surface area contributed by atoms with Gasteiger partial charge in [0.05, 0.1) is 4.88 Å². The monoisotopic (exact) mass is 385 g/mol. The molecule has 1 aromatic heterocycles. The van der Waals surface area contributed by atoms with Gasteiger partial charge in [0.15, 0.2) is 0 Å². The van der Waals surface area contributed by atoms with E-state index in [1.807, 2.05) is 17.5 Å². The van der Waals surface area contributed by atoms with Gasteiger partial charge < -0.3 is 15.1 Å². The number of hydrogen-bond donors (Lipinski definition) is 1. The number of thiophene rings is 1. The molecule has 3 rings (SSSR count). The second-order valence-corrected chi connectivity index (χ2v) is 7.99. The Bertz CT molecular complexity index is 769. The van der Waals surface area contributed by atoms with Crippen LogP contribution in [0, 0.1) is 0 Å². The number of nitrogens with one attached hydrogen (secondary N) is 1. The molecular weight excluding hydrogens is 358 g/mol. The molecule has 5 nitrogen and oxygen atoms in total. The fourth-order valence-electron chi connectivity index (χ4n) is 3.49. The Hall–Kier alpha value is -2.34. The average molecular weight is 386 g/mol. The van der Waals surface area contributed by atoms with Gasteiger partial charge >= 0.3 is 0 Å². The maximum absolute atomic E-state index is 12.7. The number of likely N-dealkylation sites (N-methyl/N-ethyl adjacent to an activating group) is 1. The molecule has 27 heavy (non-hydrogen) atoms. The van der Waals surface area contributed by atoms with Crippen molar-refractivity contribution in [3.05, 3.63) is 52.2 Å². The summed E-state index contributed by atoms with van der Waals surface area (Å²) < 4.78 is 0. The Kier molecular flexibility index (Phi) is 6.50. The SMILES string of the molecule is CC(NC(=O)c1cccs1)C(=O)N(C)Cc1ccccc1N1CCCCC1. The van der Waals surface area contributed by atoms with Gasteiger partial charge in [0.25, 0.3) is 5.91 Å². The van der Waals surface area contributed by atoms with Crippen LogP contribution < -0.4 is 10.2 Å². The summed E-state index contributed by atoms with van der Waals surface area (Å²) in [6.45, 7) is 4.41. The quantitative estimate of drug-likeness (QED) is 0.828. The van der Waals surface area contributed by atoms with Crippen LogP contribution in [0.5, 0.6) is 0 Å². The number of hydrogen-bond acceptors (Lipinski definition) is 4. The standard InChI is InChI=1S/C21H27N3O2S/c1-16(22-20(25)19-11-8-14-27-19)21(26)23(2)15-17-9-4-5-10-18(17)24-12-6-3-7-13-24/h4-5,8-11,14,16H,3,6-7,12-13,15H2,1-2H3,(H,22,25). The molecule has 6 heteroatoms. The molecule has 1 fully saturated rings. The van der Waals surface area contributed by atoms with E-state index in [1.165, 1.54) is 36.3 Å². The lowest BCUT2D eigenvalue weighted by molar-refractivity contribution is -0.132. The van der Waals surface area contributed by atoms with Crippen LogP contribution in [0.4, 0.5) is 5.69 Å². The minimum absolute atomic E-state index is 0.0895. The number of para-hydroxylation sites is 1. The third-order valence-corrected chi connectivity index (χ3v) is 5.80. The summed E-state index contributed by atoms with van der Waals surface area (Å²) in [6, 6.07) is 11.3. The largest absolute Gasteiger partial charge is 0.371 e. The number of anilines is 1. The molecule has 0 spiro atoms. The number of rotatable bonds is 6. The first-order valence-corrected chi connectivity index (χ1v) is 10.4. The van der Waals surface area contributed by atoms with Crippen LogP contribution in [0.3, 0.4) is 0 Å². The summed E-state index contributed by atoms with van der Waals surface area (Å²) >= 11 is 1.37. The molecule has 1 N–H and O–H groups in total. The molecule has 2 aromatic rings. The van der Waals surface area contributed by atoms with Crippen molar-refractivity contribution in [2.45, 2.75) is 38.8 Å². The van der Waals surface area contributed by atoms with E-state index >= 15 is 0 Å². The first-order valence-electron chi connectivity index (χ1n) is 9.48. The summed E-state index contributed by atoms with van der Waals surface area (Å²) in [7, 11) is 1.79. The normalized spacial score (nSPS) is 15.3. The van der Waals surface area contributed by atoms with Crippen molar-refractivity contribution < 1.29 is 9.59 Å². The summed E-state index contributed by atoms with van der Waals surface area (Å²) in [6.07, 6.45) is 3.72. The smallest absolute Gasteiger partial charge is 0.261 e. The molecule has 1 unspecified atom stereocenters. The van der Waals surface area contributed by atoms with Gasteiger partial charge in [-0.15, -0.1) is 11.3 Å². The molecule has 144 valence electrons. The van der Waals surface area contributed by atoms with E-state index in [9.17, 15) is 9.59 Å². The Morgan fingerprint density at radius 2 is 1.89 bits per heavy atom. The predicted molar refractivity (Wildman–Crippen MR) is 110 cm³/mol. The molecule has 1 aromatic carbocycles. The van der Waals surface area contributed by atoms with Crippen molar-refractivity contribution in [2.75, 3.05) is 25.0 Å². The number of benzene rings is 1. The molecule has 1 aliphatic rings. The van der Waals surface area contributed by atoms with Gasteiger partial charge in [0, 0.05) is 32.4 Å². The summed E-state index contributed by atoms with van der Waals surface area (Å²) in [5.74, 6) is -0.290. The third kappa shape index (κ3) is 4.89. The van der Waals surface area contributed by atoms with Gasteiger partial charge in [0.2, 0.25) is 5.91 Å². The first-order chi connectivity index (χ1) is 13.1. The highest BCUT2D eigenvalue weighted by molar-refractivity contribution is 7.12. The maximum atomic E-state index is 12.7. The number of amides is 2. The number of carbonyl (C=O) groups excluding carboxylic acids is 2. The maximum Gasteiger partial charge on any atom is 0.261 e. The molecule has 0 saturated carbocycles. The van der Waals surface area contributed by atoms with Gasteiger partial charge in [0.1, 0.15) is 6.04 Å². The Balaban J connectivity index is 1.63. The number of nitrogens with zero attached hydrogens (tertiary/aromatic N) is 2. The second-order valence-electron chi connectivity index (χ2n) is 7.04.